The molecule has 2 aromatic carbocycles. The second-order valence-corrected chi connectivity index (χ2v) is 6.26. The predicted molar refractivity (Wildman–Crippen MR) is 94.0 cm³/mol. The average Bonchev–Trinajstić information content (AvgIpc) is 2.69. The molecule has 1 aliphatic heterocycles. The zero-order valence-electron chi connectivity index (χ0n) is 14.3. The zero-order valence-corrected chi connectivity index (χ0v) is 14.3. The van der Waals surface area contributed by atoms with Crippen LogP contribution in [-0.2, 0) is 27.4 Å². The van der Waals surface area contributed by atoms with E-state index in [2.05, 4.69) is 0 Å². The summed E-state index contributed by atoms with van der Waals surface area (Å²) in [5.74, 6) is 0. The van der Waals surface area contributed by atoms with Crippen LogP contribution in [0.3, 0.4) is 0 Å². The molecule has 0 bridgehead atoms. The van der Waals surface area contributed by atoms with E-state index in [-0.39, 0.29) is 13.2 Å². The van der Waals surface area contributed by atoms with Crippen molar-refractivity contribution in [2.75, 3.05) is 6.61 Å². The molecule has 1 aliphatic rings. The van der Waals surface area contributed by atoms with Gasteiger partial charge < -0.3 is 29.5 Å². The monoisotopic (exact) mass is 360 g/mol. The van der Waals surface area contributed by atoms with Gasteiger partial charge in [-0.15, -0.1) is 0 Å². The van der Waals surface area contributed by atoms with Crippen molar-refractivity contribution in [3.05, 3.63) is 71.8 Å². The van der Waals surface area contributed by atoms with Crippen molar-refractivity contribution in [2.24, 2.45) is 0 Å². The van der Waals surface area contributed by atoms with Gasteiger partial charge in [-0.2, -0.15) is 0 Å². The van der Waals surface area contributed by atoms with Gasteiger partial charge in [0.25, 0.3) is 0 Å². The van der Waals surface area contributed by atoms with Crippen LogP contribution in [0.15, 0.2) is 60.7 Å². The number of hydrogen-bond acceptors (Lipinski definition) is 6. The normalized spacial score (nSPS) is 28.8. The molecule has 0 unspecified atom stereocenters. The fourth-order valence-corrected chi connectivity index (χ4v) is 2.96. The molecule has 0 aromatic heterocycles. The fourth-order valence-electron chi connectivity index (χ4n) is 2.96. The second-order valence-electron chi connectivity index (χ2n) is 6.26. The molecule has 26 heavy (non-hydrogen) atoms. The molecule has 0 spiro atoms. The van der Waals surface area contributed by atoms with E-state index in [1.165, 1.54) is 0 Å². The highest BCUT2D eigenvalue weighted by Crippen LogP contribution is 2.26. The minimum atomic E-state index is -1.31. The van der Waals surface area contributed by atoms with Crippen LogP contribution < -0.4 is 0 Å². The van der Waals surface area contributed by atoms with Crippen molar-refractivity contribution in [1.29, 1.82) is 0 Å². The largest absolute Gasteiger partial charge is 0.394 e. The molecule has 2 aromatic rings. The summed E-state index contributed by atoms with van der Waals surface area (Å²) in [5, 5.41) is 30.2. The molecule has 6 nitrogen and oxygen atoms in total. The quantitative estimate of drug-likeness (QED) is 0.688. The topological polar surface area (TPSA) is 88.4 Å². The molecule has 3 N–H and O–H groups in total. The Hall–Kier alpha value is -1.80. The van der Waals surface area contributed by atoms with E-state index in [0.29, 0.717) is 0 Å². The Bertz CT molecular complexity index is 650. The summed E-state index contributed by atoms with van der Waals surface area (Å²) < 4.78 is 16.9. The summed E-state index contributed by atoms with van der Waals surface area (Å²) in [6, 6.07) is 19.0. The second kappa shape index (κ2) is 9.23. The van der Waals surface area contributed by atoms with Crippen molar-refractivity contribution in [3.63, 3.8) is 0 Å². The fraction of sp³-hybridized carbons (Fsp3) is 0.400. The summed E-state index contributed by atoms with van der Waals surface area (Å²) >= 11 is 0. The van der Waals surface area contributed by atoms with E-state index in [9.17, 15) is 15.3 Å². The average molecular weight is 360 g/mol. The molecule has 0 saturated carbocycles. The van der Waals surface area contributed by atoms with E-state index < -0.39 is 37.3 Å². The molecule has 5 atom stereocenters. The van der Waals surface area contributed by atoms with E-state index in [4.69, 9.17) is 14.2 Å². The molecular formula is C20H24O6. The summed E-state index contributed by atoms with van der Waals surface area (Å²) in [6.07, 6.45) is -5.06. The Morgan fingerprint density at radius 2 is 1.27 bits per heavy atom. The standard InChI is InChI=1S/C20H24O6/c21-11-16-17(22)18(24-12-14-7-3-1-4-8-14)19(20(23)26-16)25-13-15-9-5-2-6-10-15/h1-10,16-23H,11-13H2/t16-,17-,18-,19-,20+/m0/s1. The maximum absolute atomic E-state index is 10.5. The van der Waals surface area contributed by atoms with Gasteiger partial charge in [-0.05, 0) is 11.1 Å². The molecule has 1 heterocycles. The maximum atomic E-state index is 10.5. The van der Waals surface area contributed by atoms with Crippen molar-refractivity contribution >= 4 is 0 Å². The lowest BCUT2D eigenvalue weighted by atomic mass is 9.98. The van der Waals surface area contributed by atoms with Crippen molar-refractivity contribution in [3.8, 4) is 0 Å². The smallest absolute Gasteiger partial charge is 0.184 e. The van der Waals surface area contributed by atoms with E-state index in [1.54, 1.807) is 0 Å². The minimum absolute atomic E-state index is 0.244. The lowest BCUT2D eigenvalue weighted by molar-refractivity contribution is -0.307. The van der Waals surface area contributed by atoms with Gasteiger partial charge in [0.2, 0.25) is 0 Å². The molecule has 0 amide bonds. The highest BCUT2D eigenvalue weighted by molar-refractivity contribution is 5.14. The highest BCUT2D eigenvalue weighted by atomic mass is 16.7. The molecule has 1 saturated heterocycles. The maximum Gasteiger partial charge on any atom is 0.184 e. The van der Waals surface area contributed by atoms with Gasteiger partial charge in [-0.1, -0.05) is 60.7 Å². The first kappa shape index (κ1) is 19.0. The van der Waals surface area contributed by atoms with Gasteiger partial charge in [0.15, 0.2) is 6.29 Å². The van der Waals surface area contributed by atoms with Crippen LogP contribution in [0.5, 0.6) is 0 Å². The van der Waals surface area contributed by atoms with Crippen LogP contribution in [0, 0.1) is 0 Å². The Balaban J connectivity index is 1.69. The van der Waals surface area contributed by atoms with Gasteiger partial charge >= 0.3 is 0 Å². The van der Waals surface area contributed by atoms with Gasteiger partial charge in [0.1, 0.15) is 24.4 Å². The Morgan fingerprint density at radius 1 is 0.769 bits per heavy atom. The molecule has 0 aliphatic carbocycles. The third-order valence-corrected chi connectivity index (χ3v) is 4.39. The number of benzene rings is 2. The van der Waals surface area contributed by atoms with E-state index in [1.807, 2.05) is 60.7 Å². The highest BCUT2D eigenvalue weighted by Gasteiger charge is 2.46. The number of aliphatic hydroxyl groups excluding tert-OH is 3. The summed E-state index contributed by atoms with van der Waals surface area (Å²) in [7, 11) is 0. The van der Waals surface area contributed by atoms with Crippen LogP contribution in [0.1, 0.15) is 11.1 Å². The minimum Gasteiger partial charge on any atom is -0.394 e. The Morgan fingerprint density at radius 3 is 1.77 bits per heavy atom. The van der Waals surface area contributed by atoms with Gasteiger partial charge in [0.05, 0.1) is 19.8 Å². The van der Waals surface area contributed by atoms with Gasteiger partial charge in [0, 0.05) is 0 Å². The first-order valence-corrected chi connectivity index (χ1v) is 8.62. The van der Waals surface area contributed by atoms with Crippen molar-refractivity contribution in [2.45, 2.75) is 43.9 Å². The van der Waals surface area contributed by atoms with Crippen LogP contribution in [-0.4, -0.2) is 52.6 Å². The van der Waals surface area contributed by atoms with Crippen LogP contribution in [0.4, 0.5) is 0 Å². The summed E-state index contributed by atoms with van der Waals surface area (Å²) in [5.41, 5.74) is 1.86. The summed E-state index contributed by atoms with van der Waals surface area (Å²) in [4.78, 5) is 0. The SMILES string of the molecule is OC[C@@H]1O[C@@H](O)[C@@H](OCc2ccccc2)[C@@H](OCc2ccccc2)[C@H]1O. The third-order valence-electron chi connectivity index (χ3n) is 4.39. The third kappa shape index (κ3) is 4.67. The van der Waals surface area contributed by atoms with Gasteiger partial charge in [-0.3, -0.25) is 0 Å². The first-order valence-electron chi connectivity index (χ1n) is 8.62. The van der Waals surface area contributed by atoms with Gasteiger partial charge in [-0.25, -0.2) is 0 Å². The van der Waals surface area contributed by atoms with Crippen LogP contribution in [0.25, 0.3) is 0 Å². The number of ether oxygens (including phenoxy) is 3. The summed E-state index contributed by atoms with van der Waals surface area (Å²) in [6.45, 7) is 0.0705. The molecule has 3 rings (SSSR count). The molecule has 0 radical (unpaired) electrons. The van der Waals surface area contributed by atoms with Crippen LogP contribution >= 0.6 is 0 Å². The molecule has 6 heteroatoms. The lowest BCUT2D eigenvalue weighted by Gasteiger charge is -2.42. The van der Waals surface area contributed by atoms with E-state index >= 15 is 0 Å². The first-order chi connectivity index (χ1) is 12.7. The Labute approximate surface area is 152 Å². The van der Waals surface area contributed by atoms with Crippen LogP contribution in [0.2, 0.25) is 0 Å². The van der Waals surface area contributed by atoms with Crippen molar-refractivity contribution in [1.82, 2.24) is 0 Å². The molecule has 140 valence electrons. The number of hydrogen-bond donors (Lipinski definition) is 3. The van der Waals surface area contributed by atoms with Crippen molar-refractivity contribution < 1.29 is 29.5 Å². The lowest BCUT2D eigenvalue weighted by Crippen LogP contribution is -2.60. The number of rotatable bonds is 7. The zero-order chi connectivity index (χ0) is 18.4. The molecule has 1 fully saturated rings. The molecular weight excluding hydrogens is 336 g/mol. The predicted octanol–water partition coefficient (Wildman–Crippen LogP) is 1.23. The van der Waals surface area contributed by atoms with E-state index in [0.717, 1.165) is 11.1 Å². The number of aliphatic hydroxyl groups is 3. The Kier molecular flexibility index (Phi) is 6.73.